The summed E-state index contributed by atoms with van der Waals surface area (Å²) in [5.41, 5.74) is 0.683. The van der Waals surface area contributed by atoms with Gasteiger partial charge >= 0.3 is 0 Å². The maximum absolute atomic E-state index is 13.0. The van der Waals surface area contributed by atoms with Crippen LogP contribution >= 0.6 is 24.0 Å². The number of halogens is 3. The molecular formula is C13H9Cl2FO. The van der Waals surface area contributed by atoms with Crippen molar-refractivity contribution in [2.75, 3.05) is 0 Å². The lowest BCUT2D eigenvalue weighted by molar-refractivity contribution is 0.103. The number of carbonyl (C=O) groups is 1. The summed E-state index contributed by atoms with van der Waals surface area (Å²) in [4.78, 5) is 12.0. The Balaban J connectivity index is 0.00000144. The van der Waals surface area contributed by atoms with Gasteiger partial charge in [0.1, 0.15) is 5.82 Å². The van der Waals surface area contributed by atoms with Gasteiger partial charge in [-0.1, -0.05) is 35.9 Å². The van der Waals surface area contributed by atoms with Gasteiger partial charge in [0.05, 0.1) is 5.02 Å². The molecule has 0 heterocycles. The van der Waals surface area contributed by atoms with E-state index in [1.54, 1.807) is 30.3 Å². The molecule has 0 saturated carbocycles. The molecule has 0 unspecified atom stereocenters. The Morgan fingerprint density at radius 1 is 1.06 bits per heavy atom. The third-order valence-corrected chi connectivity index (χ3v) is 2.53. The summed E-state index contributed by atoms with van der Waals surface area (Å²) in [6, 6.07) is 12.3. The largest absolute Gasteiger partial charge is 0.289 e. The highest BCUT2D eigenvalue weighted by Gasteiger charge is 2.12. The lowest BCUT2D eigenvalue weighted by Gasteiger charge is -2.03. The lowest BCUT2D eigenvalue weighted by atomic mass is 10.0. The van der Waals surface area contributed by atoms with Crippen molar-refractivity contribution in [3.8, 4) is 0 Å². The molecule has 0 spiro atoms. The maximum atomic E-state index is 13.0. The quantitative estimate of drug-likeness (QED) is 0.750. The molecule has 88 valence electrons. The summed E-state index contributed by atoms with van der Waals surface area (Å²) in [5.74, 6) is -0.706. The normalized spacial score (nSPS) is 9.53. The molecule has 0 radical (unpaired) electrons. The highest BCUT2D eigenvalue weighted by Crippen LogP contribution is 2.19. The molecule has 0 N–H and O–H groups in total. The van der Waals surface area contributed by atoms with Gasteiger partial charge < -0.3 is 0 Å². The predicted molar refractivity (Wildman–Crippen MR) is 68.5 cm³/mol. The van der Waals surface area contributed by atoms with E-state index in [2.05, 4.69) is 0 Å². The molecule has 0 bridgehead atoms. The molecule has 0 atom stereocenters. The molecular weight excluding hydrogens is 262 g/mol. The third-order valence-electron chi connectivity index (χ3n) is 2.21. The number of carbonyl (C=O) groups excluding carboxylic acids is 1. The fraction of sp³-hybridized carbons (Fsp3) is 0. The maximum Gasteiger partial charge on any atom is 0.194 e. The zero-order chi connectivity index (χ0) is 11.5. The van der Waals surface area contributed by atoms with Gasteiger partial charge in [-0.2, -0.15) is 0 Å². The van der Waals surface area contributed by atoms with Crippen LogP contribution in [0.2, 0.25) is 5.02 Å². The molecule has 0 fully saturated rings. The number of benzene rings is 2. The van der Waals surface area contributed by atoms with Crippen molar-refractivity contribution >= 4 is 29.8 Å². The van der Waals surface area contributed by atoms with Crippen molar-refractivity contribution < 1.29 is 9.18 Å². The summed E-state index contributed by atoms with van der Waals surface area (Å²) in [6.45, 7) is 0. The first-order chi connectivity index (χ1) is 7.68. The number of hydrogen-bond donors (Lipinski definition) is 0. The standard InChI is InChI=1S/C13H8ClFO.ClH/c14-12-7-2-1-6-11(12)13(16)9-4-3-5-10(15)8-9;/h1-8H;1H. The van der Waals surface area contributed by atoms with Crippen LogP contribution < -0.4 is 0 Å². The van der Waals surface area contributed by atoms with E-state index in [9.17, 15) is 9.18 Å². The highest BCUT2D eigenvalue weighted by atomic mass is 35.5. The van der Waals surface area contributed by atoms with Crippen molar-refractivity contribution in [2.45, 2.75) is 0 Å². The molecule has 2 aromatic carbocycles. The summed E-state index contributed by atoms with van der Waals surface area (Å²) >= 11 is 5.89. The van der Waals surface area contributed by atoms with Gasteiger partial charge in [0.2, 0.25) is 0 Å². The van der Waals surface area contributed by atoms with Crippen LogP contribution in [0, 0.1) is 5.82 Å². The second kappa shape index (κ2) is 5.80. The van der Waals surface area contributed by atoms with Crippen LogP contribution in [0.25, 0.3) is 0 Å². The summed E-state index contributed by atoms with van der Waals surface area (Å²) in [7, 11) is 0. The second-order valence-corrected chi connectivity index (χ2v) is 3.73. The smallest absolute Gasteiger partial charge is 0.194 e. The topological polar surface area (TPSA) is 17.1 Å². The molecule has 0 aliphatic heterocycles. The number of rotatable bonds is 2. The van der Waals surface area contributed by atoms with Crippen LogP contribution in [-0.4, -0.2) is 5.78 Å². The summed E-state index contributed by atoms with van der Waals surface area (Å²) in [5, 5.41) is 0.372. The van der Waals surface area contributed by atoms with Crippen molar-refractivity contribution in [3.63, 3.8) is 0 Å². The van der Waals surface area contributed by atoms with E-state index in [0.717, 1.165) is 0 Å². The van der Waals surface area contributed by atoms with Gasteiger partial charge in [-0.05, 0) is 24.3 Å². The van der Waals surface area contributed by atoms with E-state index in [-0.39, 0.29) is 18.2 Å². The van der Waals surface area contributed by atoms with E-state index in [1.807, 2.05) is 0 Å². The highest BCUT2D eigenvalue weighted by molar-refractivity contribution is 6.34. The van der Waals surface area contributed by atoms with Gasteiger partial charge in [0, 0.05) is 11.1 Å². The lowest BCUT2D eigenvalue weighted by Crippen LogP contribution is -2.02. The monoisotopic (exact) mass is 270 g/mol. The number of hydrogen-bond acceptors (Lipinski definition) is 1. The molecule has 0 aliphatic rings. The summed E-state index contributed by atoms with van der Waals surface area (Å²) in [6.07, 6.45) is 0. The Hall–Kier alpha value is -1.38. The third kappa shape index (κ3) is 3.05. The molecule has 0 saturated heterocycles. The molecule has 0 aromatic heterocycles. The van der Waals surface area contributed by atoms with Crippen molar-refractivity contribution in [1.82, 2.24) is 0 Å². The average Bonchev–Trinajstić information content (AvgIpc) is 2.29. The minimum Gasteiger partial charge on any atom is -0.289 e. The van der Waals surface area contributed by atoms with E-state index in [4.69, 9.17) is 11.6 Å². The Morgan fingerprint density at radius 3 is 2.41 bits per heavy atom. The Kier molecular flexibility index (Phi) is 4.67. The zero-order valence-corrected chi connectivity index (χ0v) is 10.3. The SMILES string of the molecule is Cl.O=C(c1cccc(F)c1)c1ccccc1Cl. The first-order valence-electron chi connectivity index (χ1n) is 4.73. The molecule has 0 amide bonds. The molecule has 0 aliphatic carbocycles. The van der Waals surface area contributed by atoms with Crippen molar-refractivity contribution in [3.05, 3.63) is 70.5 Å². The predicted octanol–water partition coefficient (Wildman–Crippen LogP) is 4.13. The van der Waals surface area contributed by atoms with Gasteiger partial charge in [-0.3, -0.25) is 4.79 Å². The van der Waals surface area contributed by atoms with E-state index < -0.39 is 5.82 Å². The van der Waals surface area contributed by atoms with Crippen LogP contribution in [0.4, 0.5) is 4.39 Å². The first-order valence-corrected chi connectivity index (χ1v) is 5.11. The Bertz CT molecular complexity index is 540. The average molecular weight is 271 g/mol. The molecule has 2 rings (SSSR count). The molecule has 4 heteroatoms. The molecule has 17 heavy (non-hydrogen) atoms. The van der Waals surface area contributed by atoms with Crippen LogP contribution in [0.15, 0.2) is 48.5 Å². The molecule has 1 nitrogen and oxygen atoms in total. The van der Waals surface area contributed by atoms with Crippen molar-refractivity contribution in [2.24, 2.45) is 0 Å². The van der Waals surface area contributed by atoms with Crippen molar-refractivity contribution in [1.29, 1.82) is 0 Å². The zero-order valence-electron chi connectivity index (χ0n) is 8.69. The Morgan fingerprint density at radius 2 is 1.76 bits per heavy atom. The molecule has 2 aromatic rings. The van der Waals surface area contributed by atoms with Gasteiger partial charge in [0.25, 0.3) is 0 Å². The second-order valence-electron chi connectivity index (χ2n) is 3.32. The van der Waals surface area contributed by atoms with Crippen LogP contribution in [-0.2, 0) is 0 Å². The minimum absolute atomic E-state index is 0. The van der Waals surface area contributed by atoms with Gasteiger partial charge in [-0.15, -0.1) is 12.4 Å². The van der Waals surface area contributed by atoms with Gasteiger partial charge in [0.15, 0.2) is 5.78 Å². The fourth-order valence-corrected chi connectivity index (χ4v) is 1.65. The van der Waals surface area contributed by atoms with E-state index in [0.29, 0.717) is 16.1 Å². The fourth-order valence-electron chi connectivity index (χ4n) is 1.43. The van der Waals surface area contributed by atoms with Crippen LogP contribution in [0.3, 0.4) is 0 Å². The summed E-state index contributed by atoms with van der Waals surface area (Å²) < 4.78 is 13.0. The van der Waals surface area contributed by atoms with Crippen LogP contribution in [0.5, 0.6) is 0 Å². The van der Waals surface area contributed by atoms with Gasteiger partial charge in [-0.25, -0.2) is 4.39 Å². The van der Waals surface area contributed by atoms with E-state index in [1.165, 1.54) is 18.2 Å². The minimum atomic E-state index is -0.432. The van der Waals surface area contributed by atoms with Crippen LogP contribution in [0.1, 0.15) is 15.9 Å². The number of ketones is 1. The first kappa shape index (κ1) is 13.7. The van der Waals surface area contributed by atoms with E-state index >= 15 is 0 Å². The Labute approximate surface area is 110 Å².